The van der Waals surface area contributed by atoms with Gasteiger partial charge in [0.25, 0.3) is 0 Å². The quantitative estimate of drug-likeness (QED) is 0.749. The summed E-state index contributed by atoms with van der Waals surface area (Å²) in [6.45, 7) is 5.93. The minimum absolute atomic E-state index is 0.139. The highest BCUT2D eigenvalue weighted by Crippen LogP contribution is 2.04. The van der Waals surface area contributed by atoms with E-state index in [1.807, 2.05) is 20.8 Å². The van der Waals surface area contributed by atoms with Crippen LogP contribution in [0.5, 0.6) is 0 Å². The Bertz CT molecular complexity index is 216. The van der Waals surface area contributed by atoms with E-state index < -0.39 is 0 Å². The summed E-state index contributed by atoms with van der Waals surface area (Å²) in [5, 5.41) is 0. The Morgan fingerprint density at radius 1 is 1.23 bits per heavy atom. The van der Waals surface area contributed by atoms with Crippen LogP contribution in [0.4, 0.5) is 4.39 Å². The van der Waals surface area contributed by atoms with Crippen LogP contribution in [0.25, 0.3) is 0 Å². The molecule has 0 aromatic heterocycles. The fourth-order valence-corrected chi connectivity index (χ4v) is 0.992. The maximum atomic E-state index is 12.4. The van der Waals surface area contributed by atoms with E-state index in [2.05, 4.69) is 0 Å². The lowest BCUT2D eigenvalue weighted by Gasteiger charge is -2.03. The first-order valence-electron chi connectivity index (χ1n) is 4.68. The molecule has 13 heavy (non-hydrogen) atoms. The first kappa shape index (κ1) is 12.1. The van der Waals surface area contributed by atoms with E-state index in [1.54, 1.807) is 12.1 Å². The third-order valence-electron chi connectivity index (χ3n) is 1.47. The number of hydrogen-bond acceptors (Lipinski definition) is 1. The first-order chi connectivity index (χ1) is 6.18. The highest BCUT2D eigenvalue weighted by molar-refractivity contribution is 5.16. The summed E-state index contributed by atoms with van der Waals surface area (Å²) < 4.78 is 12.4. The molecular formula is C11H18FN. The average Bonchev–Trinajstić information content (AvgIpc) is 2.12. The molecule has 0 aliphatic heterocycles. The number of hydrogen-bond donors (Lipinski definition) is 1. The molecule has 1 atom stereocenters. The van der Waals surface area contributed by atoms with Gasteiger partial charge in [0.05, 0.1) is 0 Å². The molecule has 1 aromatic carbocycles. The van der Waals surface area contributed by atoms with Crippen molar-refractivity contribution >= 4 is 0 Å². The van der Waals surface area contributed by atoms with Crippen LogP contribution < -0.4 is 5.73 Å². The third kappa shape index (κ3) is 5.36. The second-order valence-corrected chi connectivity index (χ2v) is 2.81. The maximum Gasteiger partial charge on any atom is 0.123 e. The molecule has 0 heterocycles. The van der Waals surface area contributed by atoms with Crippen molar-refractivity contribution in [1.82, 2.24) is 0 Å². The van der Waals surface area contributed by atoms with Crippen LogP contribution in [-0.4, -0.2) is 6.04 Å². The smallest absolute Gasteiger partial charge is 0.123 e. The summed E-state index contributed by atoms with van der Waals surface area (Å²) in [4.78, 5) is 0. The van der Waals surface area contributed by atoms with Crippen molar-refractivity contribution < 1.29 is 4.39 Å². The highest BCUT2D eigenvalue weighted by Gasteiger charge is 1.96. The number of benzene rings is 1. The number of rotatable bonds is 2. The molecule has 1 unspecified atom stereocenters. The van der Waals surface area contributed by atoms with Gasteiger partial charge in [-0.3, -0.25) is 0 Å². The van der Waals surface area contributed by atoms with Crippen molar-refractivity contribution in [3.05, 3.63) is 35.6 Å². The lowest BCUT2D eigenvalue weighted by Crippen LogP contribution is -2.17. The molecule has 2 heteroatoms. The monoisotopic (exact) mass is 183 g/mol. The molecule has 0 fully saturated rings. The fraction of sp³-hybridized carbons (Fsp3) is 0.455. The van der Waals surface area contributed by atoms with Gasteiger partial charge in [-0.2, -0.15) is 0 Å². The van der Waals surface area contributed by atoms with E-state index in [4.69, 9.17) is 5.73 Å². The first-order valence-corrected chi connectivity index (χ1v) is 4.68. The van der Waals surface area contributed by atoms with Gasteiger partial charge in [-0.25, -0.2) is 4.39 Å². The summed E-state index contributed by atoms with van der Waals surface area (Å²) in [5.41, 5.74) is 6.65. The molecule has 74 valence electrons. The second-order valence-electron chi connectivity index (χ2n) is 2.81. The Balaban J connectivity index is 0.000000671. The molecule has 0 radical (unpaired) electrons. The van der Waals surface area contributed by atoms with Gasteiger partial charge in [0.15, 0.2) is 0 Å². The van der Waals surface area contributed by atoms with Gasteiger partial charge in [0.1, 0.15) is 5.82 Å². The zero-order valence-corrected chi connectivity index (χ0v) is 8.55. The summed E-state index contributed by atoms with van der Waals surface area (Å²) in [7, 11) is 0. The normalized spacial score (nSPS) is 11.5. The van der Waals surface area contributed by atoms with Gasteiger partial charge in [-0.1, -0.05) is 26.0 Å². The van der Waals surface area contributed by atoms with Crippen molar-refractivity contribution in [3.8, 4) is 0 Å². The van der Waals surface area contributed by atoms with Gasteiger partial charge in [-0.15, -0.1) is 0 Å². The Morgan fingerprint density at radius 2 is 1.69 bits per heavy atom. The Hall–Kier alpha value is -0.890. The van der Waals surface area contributed by atoms with E-state index in [9.17, 15) is 4.39 Å². The van der Waals surface area contributed by atoms with E-state index >= 15 is 0 Å². The van der Waals surface area contributed by atoms with Crippen LogP contribution in [0.1, 0.15) is 26.3 Å². The Morgan fingerprint density at radius 3 is 2.08 bits per heavy atom. The summed E-state index contributed by atoms with van der Waals surface area (Å²) in [6, 6.07) is 6.58. The standard InChI is InChI=1S/C9H12FN.C2H6/c1-7(11)6-8-2-4-9(10)5-3-8;1-2/h2-5,7H,6,11H2,1H3;1-2H3. The van der Waals surface area contributed by atoms with E-state index in [1.165, 1.54) is 12.1 Å². The molecule has 1 aromatic rings. The SMILES string of the molecule is CC.CC(N)Cc1ccc(F)cc1. The topological polar surface area (TPSA) is 26.0 Å². The predicted molar refractivity (Wildman–Crippen MR) is 55.1 cm³/mol. The Kier molecular flexibility index (Phi) is 6.15. The maximum absolute atomic E-state index is 12.4. The van der Waals surface area contributed by atoms with Crippen LogP contribution in [0.2, 0.25) is 0 Å². The van der Waals surface area contributed by atoms with Crippen molar-refractivity contribution in [2.24, 2.45) is 5.73 Å². The highest BCUT2D eigenvalue weighted by atomic mass is 19.1. The van der Waals surface area contributed by atoms with E-state index in [0.717, 1.165) is 12.0 Å². The van der Waals surface area contributed by atoms with Crippen LogP contribution in [0.15, 0.2) is 24.3 Å². The molecule has 0 spiro atoms. The van der Waals surface area contributed by atoms with Gasteiger partial charge >= 0.3 is 0 Å². The predicted octanol–water partition coefficient (Wildman–Crippen LogP) is 2.74. The van der Waals surface area contributed by atoms with Crippen molar-refractivity contribution in [3.63, 3.8) is 0 Å². The lowest BCUT2D eigenvalue weighted by atomic mass is 10.1. The molecule has 1 rings (SSSR count). The molecule has 0 aliphatic carbocycles. The second kappa shape index (κ2) is 6.61. The summed E-state index contributed by atoms with van der Waals surface area (Å²) in [6.07, 6.45) is 0.806. The molecule has 1 nitrogen and oxygen atoms in total. The summed E-state index contributed by atoms with van der Waals surface area (Å²) >= 11 is 0. The fourth-order valence-electron chi connectivity index (χ4n) is 0.992. The lowest BCUT2D eigenvalue weighted by molar-refractivity contribution is 0.626. The van der Waals surface area contributed by atoms with Gasteiger partial charge in [-0.05, 0) is 31.0 Å². The average molecular weight is 183 g/mol. The molecule has 0 bridgehead atoms. The van der Waals surface area contributed by atoms with Crippen molar-refractivity contribution in [2.45, 2.75) is 33.2 Å². The van der Waals surface area contributed by atoms with E-state index in [-0.39, 0.29) is 11.9 Å². The Labute approximate surface area is 79.8 Å². The third-order valence-corrected chi connectivity index (χ3v) is 1.47. The van der Waals surface area contributed by atoms with E-state index in [0.29, 0.717) is 0 Å². The summed E-state index contributed by atoms with van der Waals surface area (Å²) in [5.74, 6) is -0.196. The zero-order chi connectivity index (χ0) is 10.3. The van der Waals surface area contributed by atoms with Crippen LogP contribution in [0, 0.1) is 5.82 Å². The minimum Gasteiger partial charge on any atom is -0.328 e. The van der Waals surface area contributed by atoms with Crippen molar-refractivity contribution in [1.29, 1.82) is 0 Å². The zero-order valence-electron chi connectivity index (χ0n) is 8.55. The van der Waals surface area contributed by atoms with Gasteiger partial charge in [0, 0.05) is 6.04 Å². The van der Waals surface area contributed by atoms with Gasteiger partial charge in [0.2, 0.25) is 0 Å². The van der Waals surface area contributed by atoms with Crippen LogP contribution in [0.3, 0.4) is 0 Å². The van der Waals surface area contributed by atoms with Crippen LogP contribution >= 0.6 is 0 Å². The molecule has 0 saturated carbocycles. The molecule has 0 aliphatic rings. The number of halogens is 1. The van der Waals surface area contributed by atoms with Gasteiger partial charge < -0.3 is 5.73 Å². The molecule has 0 amide bonds. The van der Waals surface area contributed by atoms with Crippen LogP contribution in [-0.2, 0) is 6.42 Å². The molecule has 0 saturated heterocycles. The number of nitrogens with two attached hydrogens (primary N) is 1. The largest absolute Gasteiger partial charge is 0.328 e. The molecule has 2 N–H and O–H groups in total. The molecular weight excluding hydrogens is 165 g/mol. The van der Waals surface area contributed by atoms with Crippen molar-refractivity contribution in [2.75, 3.05) is 0 Å². The minimum atomic E-state index is -0.196.